The summed E-state index contributed by atoms with van der Waals surface area (Å²) in [6.45, 7) is 1.64. The zero-order valence-electron chi connectivity index (χ0n) is 6.82. The molecule has 1 nitrogen and oxygen atoms in total. The van der Waals surface area contributed by atoms with Crippen molar-refractivity contribution in [2.24, 2.45) is 0 Å². The first kappa shape index (κ1) is 10.3. The van der Waals surface area contributed by atoms with Gasteiger partial charge in [0.1, 0.15) is 10.8 Å². The molecule has 0 N–H and O–H groups in total. The van der Waals surface area contributed by atoms with Crippen molar-refractivity contribution in [2.45, 2.75) is 19.5 Å². The lowest BCUT2D eigenvalue weighted by Crippen LogP contribution is -2.11. The number of hydrogen-bond donors (Lipinski definition) is 0. The van der Waals surface area contributed by atoms with Gasteiger partial charge in [-0.15, -0.1) is 0 Å². The molecule has 1 aromatic heterocycles. The van der Waals surface area contributed by atoms with E-state index in [1.165, 1.54) is 12.1 Å². The molecule has 0 bridgehead atoms. The SMILES string of the molecule is CCc1ccc(Cl)nc1C(F)(F)F. The molecule has 1 rings (SSSR count). The van der Waals surface area contributed by atoms with Crippen molar-refractivity contribution in [1.82, 2.24) is 4.98 Å². The van der Waals surface area contributed by atoms with E-state index in [9.17, 15) is 13.2 Å². The predicted molar refractivity (Wildman–Crippen MR) is 43.6 cm³/mol. The van der Waals surface area contributed by atoms with Gasteiger partial charge in [0, 0.05) is 0 Å². The lowest BCUT2D eigenvalue weighted by atomic mass is 10.1. The third kappa shape index (κ3) is 2.34. The molecule has 0 radical (unpaired) electrons. The summed E-state index contributed by atoms with van der Waals surface area (Å²) in [6.07, 6.45) is -4.13. The van der Waals surface area contributed by atoms with Crippen LogP contribution in [0.15, 0.2) is 12.1 Å². The molecule has 0 fully saturated rings. The van der Waals surface area contributed by atoms with Gasteiger partial charge in [-0.1, -0.05) is 24.6 Å². The van der Waals surface area contributed by atoms with Crippen LogP contribution in [0.5, 0.6) is 0 Å². The van der Waals surface area contributed by atoms with E-state index in [-0.39, 0.29) is 10.7 Å². The van der Waals surface area contributed by atoms with Crippen LogP contribution >= 0.6 is 11.6 Å². The Balaban J connectivity index is 3.24. The molecule has 0 unspecified atom stereocenters. The minimum atomic E-state index is -4.42. The van der Waals surface area contributed by atoms with Gasteiger partial charge in [0.2, 0.25) is 0 Å². The van der Waals surface area contributed by atoms with Crippen LogP contribution in [0.4, 0.5) is 13.2 Å². The van der Waals surface area contributed by atoms with E-state index >= 15 is 0 Å². The standard InChI is InChI=1S/C8H7ClF3N/c1-2-5-3-4-6(9)13-7(5)8(10,11)12/h3-4H,2H2,1H3. The minimum Gasteiger partial charge on any atom is -0.231 e. The minimum absolute atomic E-state index is 0.135. The normalized spacial score (nSPS) is 11.8. The molecule has 72 valence electrons. The Labute approximate surface area is 78.5 Å². The van der Waals surface area contributed by atoms with Gasteiger partial charge in [0.15, 0.2) is 0 Å². The number of alkyl halides is 3. The van der Waals surface area contributed by atoms with E-state index in [4.69, 9.17) is 11.6 Å². The van der Waals surface area contributed by atoms with Crippen LogP contribution in [-0.2, 0) is 12.6 Å². The fourth-order valence-corrected chi connectivity index (χ4v) is 1.14. The van der Waals surface area contributed by atoms with E-state index in [0.29, 0.717) is 6.42 Å². The highest BCUT2D eigenvalue weighted by atomic mass is 35.5. The average Bonchev–Trinajstić information content (AvgIpc) is 2.03. The van der Waals surface area contributed by atoms with Crippen LogP contribution in [0.1, 0.15) is 18.2 Å². The predicted octanol–water partition coefficient (Wildman–Crippen LogP) is 3.32. The summed E-state index contributed by atoms with van der Waals surface area (Å²) in [5.41, 5.74) is -0.723. The van der Waals surface area contributed by atoms with Crippen LogP contribution in [-0.4, -0.2) is 4.98 Å². The number of aryl methyl sites for hydroxylation is 1. The Morgan fingerprint density at radius 2 is 2.00 bits per heavy atom. The number of halogens is 4. The highest BCUT2D eigenvalue weighted by molar-refractivity contribution is 6.29. The maximum absolute atomic E-state index is 12.3. The molecule has 0 spiro atoms. The Bertz CT molecular complexity index is 309. The molecule has 0 amide bonds. The fraction of sp³-hybridized carbons (Fsp3) is 0.375. The van der Waals surface area contributed by atoms with Crippen molar-refractivity contribution in [3.05, 3.63) is 28.5 Å². The summed E-state index contributed by atoms with van der Waals surface area (Å²) in [5, 5.41) is -0.135. The number of pyridine rings is 1. The zero-order valence-corrected chi connectivity index (χ0v) is 7.58. The monoisotopic (exact) mass is 209 g/mol. The van der Waals surface area contributed by atoms with Gasteiger partial charge in [-0.25, -0.2) is 4.98 Å². The molecule has 0 aliphatic rings. The van der Waals surface area contributed by atoms with Crippen LogP contribution in [0, 0.1) is 0 Å². The van der Waals surface area contributed by atoms with Gasteiger partial charge < -0.3 is 0 Å². The van der Waals surface area contributed by atoms with Gasteiger partial charge in [0.25, 0.3) is 0 Å². The smallest absolute Gasteiger partial charge is 0.231 e. The summed E-state index contributed by atoms with van der Waals surface area (Å²) in [7, 11) is 0. The topological polar surface area (TPSA) is 12.9 Å². The second kappa shape index (κ2) is 3.54. The van der Waals surface area contributed by atoms with Crippen molar-refractivity contribution >= 4 is 11.6 Å². The molecular formula is C8H7ClF3N. The number of hydrogen-bond acceptors (Lipinski definition) is 1. The number of aromatic nitrogens is 1. The lowest BCUT2D eigenvalue weighted by Gasteiger charge is -2.09. The molecule has 0 aromatic carbocycles. The molecule has 13 heavy (non-hydrogen) atoms. The Hall–Kier alpha value is -0.770. The van der Waals surface area contributed by atoms with Gasteiger partial charge >= 0.3 is 6.18 Å². The largest absolute Gasteiger partial charge is 0.433 e. The second-order valence-electron chi connectivity index (χ2n) is 2.49. The van der Waals surface area contributed by atoms with Crippen molar-refractivity contribution in [3.63, 3.8) is 0 Å². The van der Waals surface area contributed by atoms with E-state index in [0.717, 1.165) is 0 Å². The molecule has 0 atom stereocenters. The van der Waals surface area contributed by atoms with Crippen LogP contribution in [0.2, 0.25) is 5.15 Å². The van der Waals surface area contributed by atoms with Crippen molar-refractivity contribution < 1.29 is 13.2 Å². The quantitative estimate of drug-likeness (QED) is 0.647. The highest BCUT2D eigenvalue weighted by Crippen LogP contribution is 2.31. The van der Waals surface area contributed by atoms with Crippen LogP contribution in [0.3, 0.4) is 0 Å². The summed E-state index contributed by atoms with van der Waals surface area (Å²) in [6, 6.07) is 2.70. The van der Waals surface area contributed by atoms with Gasteiger partial charge in [-0.3, -0.25) is 0 Å². The maximum Gasteiger partial charge on any atom is 0.433 e. The summed E-state index contributed by atoms with van der Waals surface area (Å²) < 4.78 is 36.9. The summed E-state index contributed by atoms with van der Waals surface area (Å²) in [5.74, 6) is 0. The first-order valence-corrected chi connectivity index (χ1v) is 4.05. The van der Waals surface area contributed by atoms with Crippen LogP contribution < -0.4 is 0 Å². The fourth-order valence-electron chi connectivity index (χ4n) is 0.995. The highest BCUT2D eigenvalue weighted by Gasteiger charge is 2.34. The molecule has 1 aromatic rings. The van der Waals surface area contributed by atoms with Crippen molar-refractivity contribution in [1.29, 1.82) is 0 Å². The van der Waals surface area contributed by atoms with E-state index < -0.39 is 11.9 Å². The Morgan fingerprint density at radius 1 is 1.38 bits per heavy atom. The number of rotatable bonds is 1. The maximum atomic E-state index is 12.3. The summed E-state index contributed by atoms with van der Waals surface area (Å²) >= 11 is 5.37. The third-order valence-corrected chi connectivity index (χ3v) is 1.80. The van der Waals surface area contributed by atoms with Crippen LogP contribution in [0.25, 0.3) is 0 Å². The number of nitrogens with zero attached hydrogens (tertiary/aromatic N) is 1. The first-order valence-electron chi connectivity index (χ1n) is 3.67. The molecular weight excluding hydrogens is 203 g/mol. The molecule has 5 heteroatoms. The average molecular weight is 210 g/mol. The van der Waals surface area contributed by atoms with Gasteiger partial charge in [-0.2, -0.15) is 13.2 Å². The van der Waals surface area contributed by atoms with Gasteiger partial charge in [-0.05, 0) is 18.1 Å². The van der Waals surface area contributed by atoms with E-state index in [1.807, 2.05) is 0 Å². The molecule has 1 heterocycles. The molecule has 0 aliphatic carbocycles. The van der Waals surface area contributed by atoms with Crippen molar-refractivity contribution in [3.8, 4) is 0 Å². The van der Waals surface area contributed by atoms with Crippen molar-refractivity contribution in [2.75, 3.05) is 0 Å². The third-order valence-electron chi connectivity index (χ3n) is 1.59. The van der Waals surface area contributed by atoms with Gasteiger partial charge in [0.05, 0.1) is 0 Å². The zero-order chi connectivity index (χ0) is 10.1. The summed E-state index contributed by atoms with van der Waals surface area (Å²) in [4.78, 5) is 3.26. The Kier molecular flexibility index (Phi) is 2.81. The Morgan fingerprint density at radius 3 is 2.46 bits per heavy atom. The molecule has 0 saturated heterocycles. The lowest BCUT2D eigenvalue weighted by molar-refractivity contribution is -0.141. The molecule has 0 saturated carbocycles. The van der Waals surface area contributed by atoms with E-state index in [2.05, 4.69) is 4.98 Å². The first-order chi connectivity index (χ1) is 5.95. The van der Waals surface area contributed by atoms with E-state index in [1.54, 1.807) is 6.92 Å². The molecule has 0 aliphatic heterocycles. The second-order valence-corrected chi connectivity index (χ2v) is 2.88.